The molecule has 18 heavy (non-hydrogen) atoms. The van der Waals surface area contributed by atoms with Crippen molar-refractivity contribution in [2.45, 2.75) is 26.3 Å². The molecule has 0 aliphatic rings. The van der Waals surface area contributed by atoms with Crippen molar-refractivity contribution in [3.05, 3.63) is 51.7 Å². The van der Waals surface area contributed by atoms with Gasteiger partial charge in [0.05, 0.1) is 6.54 Å². The minimum absolute atomic E-state index is 0.0973. The van der Waals surface area contributed by atoms with Gasteiger partial charge >= 0.3 is 0 Å². The van der Waals surface area contributed by atoms with E-state index in [2.05, 4.69) is 15.0 Å². The molecule has 5 nitrogen and oxygen atoms in total. The fourth-order valence-corrected chi connectivity index (χ4v) is 1.83. The average Bonchev–Trinajstić information content (AvgIpc) is 2.33. The molecule has 0 saturated heterocycles. The lowest BCUT2D eigenvalue weighted by Crippen LogP contribution is -2.26. The van der Waals surface area contributed by atoms with Gasteiger partial charge in [-0.05, 0) is 6.07 Å². The number of hydrogen-bond donors (Lipinski definition) is 0. The Morgan fingerprint density at radius 3 is 2.61 bits per heavy atom. The van der Waals surface area contributed by atoms with Crippen LogP contribution in [0.5, 0.6) is 0 Å². The normalized spacial score (nSPS) is 10.9. The first-order chi connectivity index (χ1) is 8.58. The van der Waals surface area contributed by atoms with Gasteiger partial charge in [0.2, 0.25) is 0 Å². The number of halogens is 1. The van der Waals surface area contributed by atoms with Crippen LogP contribution < -0.4 is 5.56 Å². The molecule has 0 bridgehead atoms. The zero-order valence-electron chi connectivity index (χ0n) is 10.2. The topological polar surface area (TPSA) is 60.7 Å². The highest BCUT2D eigenvalue weighted by molar-refractivity contribution is 6.29. The fourth-order valence-electron chi connectivity index (χ4n) is 1.65. The second-order valence-electron chi connectivity index (χ2n) is 4.18. The summed E-state index contributed by atoms with van der Waals surface area (Å²) in [6.07, 6.45) is 3.29. The van der Waals surface area contributed by atoms with E-state index in [4.69, 9.17) is 11.6 Å². The van der Waals surface area contributed by atoms with Crippen molar-refractivity contribution in [2.75, 3.05) is 0 Å². The van der Waals surface area contributed by atoms with E-state index in [1.54, 1.807) is 23.0 Å². The van der Waals surface area contributed by atoms with E-state index in [-0.39, 0.29) is 16.6 Å². The summed E-state index contributed by atoms with van der Waals surface area (Å²) in [6, 6.07) is 3.03. The first-order valence-electron chi connectivity index (χ1n) is 5.61. The molecule has 0 aromatic carbocycles. The van der Waals surface area contributed by atoms with Gasteiger partial charge in [-0.25, -0.2) is 15.0 Å². The molecule has 2 rings (SSSR count). The van der Waals surface area contributed by atoms with Gasteiger partial charge in [-0.3, -0.25) is 9.36 Å². The summed E-state index contributed by atoms with van der Waals surface area (Å²) in [5.41, 5.74) is -0.189. The molecular weight excluding hydrogens is 252 g/mol. The van der Waals surface area contributed by atoms with Crippen LogP contribution in [-0.4, -0.2) is 19.5 Å². The SMILES string of the molecule is CC(C)c1nc(Cl)cc(=O)n1Cc1ncccn1. The summed E-state index contributed by atoms with van der Waals surface area (Å²) in [6.45, 7) is 4.22. The lowest BCUT2D eigenvalue weighted by atomic mass is 10.2. The van der Waals surface area contributed by atoms with Crippen molar-refractivity contribution in [1.29, 1.82) is 0 Å². The Bertz CT molecular complexity index is 595. The Hall–Kier alpha value is -1.75. The van der Waals surface area contributed by atoms with Gasteiger partial charge in [-0.1, -0.05) is 25.4 Å². The van der Waals surface area contributed by atoms with Crippen molar-refractivity contribution in [1.82, 2.24) is 19.5 Å². The Morgan fingerprint density at radius 1 is 1.33 bits per heavy atom. The summed E-state index contributed by atoms with van der Waals surface area (Å²) >= 11 is 5.81. The fraction of sp³-hybridized carbons (Fsp3) is 0.333. The van der Waals surface area contributed by atoms with Crippen LogP contribution in [0.15, 0.2) is 29.3 Å². The lowest BCUT2D eigenvalue weighted by molar-refractivity contribution is 0.608. The minimum Gasteiger partial charge on any atom is -0.289 e. The first-order valence-corrected chi connectivity index (χ1v) is 5.99. The zero-order valence-corrected chi connectivity index (χ0v) is 10.9. The molecule has 0 unspecified atom stereocenters. The Morgan fingerprint density at radius 2 is 2.00 bits per heavy atom. The third-order valence-corrected chi connectivity index (χ3v) is 2.64. The van der Waals surface area contributed by atoms with Gasteiger partial charge in [0.15, 0.2) is 0 Å². The monoisotopic (exact) mass is 264 g/mol. The van der Waals surface area contributed by atoms with Crippen molar-refractivity contribution in [2.24, 2.45) is 0 Å². The molecule has 0 aliphatic heterocycles. The standard InChI is InChI=1S/C12H13ClN4O/c1-8(2)12-16-9(13)6-11(18)17(12)7-10-14-4-3-5-15-10/h3-6,8H,7H2,1-2H3. The molecule has 2 aromatic rings. The highest BCUT2D eigenvalue weighted by Gasteiger charge is 2.12. The van der Waals surface area contributed by atoms with Gasteiger partial charge in [-0.15, -0.1) is 0 Å². The zero-order chi connectivity index (χ0) is 13.1. The molecule has 0 aliphatic carbocycles. The van der Waals surface area contributed by atoms with E-state index in [0.717, 1.165) is 0 Å². The molecule has 94 valence electrons. The summed E-state index contributed by atoms with van der Waals surface area (Å²) in [7, 11) is 0. The van der Waals surface area contributed by atoms with Crippen LogP contribution in [0.2, 0.25) is 5.15 Å². The molecule has 0 fully saturated rings. The van der Waals surface area contributed by atoms with Crippen molar-refractivity contribution >= 4 is 11.6 Å². The number of rotatable bonds is 3. The number of aromatic nitrogens is 4. The maximum Gasteiger partial charge on any atom is 0.255 e. The quantitative estimate of drug-likeness (QED) is 0.794. The van der Waals surface area contributed by atoms with Gasteiger partial charge in [0.1, 0.15) is 16.8 Å². The lowest BCUT2D eigenvalue weighted by Gasteiger charge is -2.13. The molecule has 6 heteroatoms. The van der Waals surface area contributed by atoms with Crippen LogP contribution in [0.25, 0.3) is 0 Å². The predicted octanol–water partition coefficient (Wildman–Crippen LogP) is 1.86. The Labute approximate surface area is 110 Å². The van der Waals surface area contributed by atoms with Gasteiger partial charge < -0.3 is 0 Å². The molecule has 0 spiro atoms. The maximum absolute atomic E-state index is 12.0. The summed E-state index contributed by atoms with van der Waals surface area (Å²) < 4.78 is 1.55. The first kappa shape index (κ1) is 12.7. The van der Waals surface area contributed by atoms with Crippen molar-refractivity contribution in [3.63, 3.8) is 0 Å². The molecule has 0 amide bonds. The number of hydrogen-bond acceptors (Lipinski definition) is 4. The summed E-state index contributed by atoms with van der Waals surface area (Å²) in [4.78, 5) is 24.4. The maximum atomic E-state index is 12.0. The van der Waals surface area contributed by atoms with E-state index in [1.807, 2.05) is 13.8 Å². The molecular formula is C12H13ClN4O. The van der Waals surface area contributed by atoms with Crippen LogP contribution >= 0.6 is 11.6 Å². The van der Waals surface area contributed by atoms with Gasteiger partial charge in [0, 0.05) is 24.4 Å². The number of nitrogens with zero attached hydrogens (tertiary/aromatic N) is 4. The van der Waals surface area contributed by atoms with E-state index in [9.17, 15) is 4.79 Å². The van der Waals surface area contributed by atoms with E-state index >= 15 is 0 Å². The van der Waals surface area contributed by atoms with E-state index < -0.39 is 0 Å². The third-order valence-electron chi connectivity index (χ3n) is 2.44. The van der Waals surface area contributed by atoms with Gasteiger partial charge in [0.25, 0.3) is 5.56 Å². The van der Waals surface area contributed by atoms with E-state index in [1.165, 1.54) is 6.07 Å². The van der Waals surface area contributed by atoms with Crippen LogP contribution in [0, 0.1) is 0 Å². The van der Waals surface area contributed by atoms with E-state index in [0.29, 0.717) is 18.2 Å². The highest BCUT2D eigenvalue weighted by Crippen LogP contribution is 2.13. The van der Waals surface area contributed by atoms with Gasteiger partial charge in [-0.2, -0.15) is 0 Å². The van der Waals surface area contributed by atoms with Crippen molar-refractivity contribution < 1.29 is 0 Å². The molecule has 0 N–H and O–H groups in total. The third kappa shape index (κ3) is 2.73. The van der Waals surface area contributed by atoms with Crippen molar-refractivity contribution in [3.8, 4) is 0 Å². The summed E-state index contributed by atoms with van der Waals surface area (Å²) in [5.74, 6) is 1.31. The predicted molar refractivity (Wildman–Crippen MR) is 68.7 cm³/mol. The van der Waals surface area contributed by atoms with Crippen LogP contribution in [0.1, 0.15) is 31.4 Å². The van der Waals surface area contributed by atoms with Crippen LogP contribution in [0.4, 0.5) is 0 Å². The van der Waals surface area contributed by atoms with Crippen LogP contribution in [0.3, 0.4) is 0 Å². The molecule has 0 radical (unpaired) electrons. The molecule has 2 aromatic heterocycles. The molecule has 2 heterocycles. The Balaban J connectivity index is 2.47. The largest absolute Gasteiger partial charge is 0.289 e. The smallest absolute Gasteiger partial charge is 0.255 e. The second-order valence-corrected chi connectivity index (χ2v) is 4.57. The minimum atomic E-state index is -0.189. The van der Waals surface area contributed by atoms with Crippen LogP contribution in [-0.2, 0) is 6.54 Å². The molecule has 0 atom stereocenters. The average molecular weight is 265 g/mol. The summed E-state index contributed by atoms with van der Waals surface area (Å²) in [5, 5.41) is 0.217. The molecule has 0 saturated carbocycles. The highest BCUT2D eigenvalue weighted by atomic mass is 35.5. The second kappa shape index (κ2) is 5.27. The Kier molecular flexibility index (Phi) is 3.72.